The van der Waals surface area contributed by atoms with Gasteiger partial charge in [-0.25, -0.2) is 4.79 Å². The van der Waals surface area contributed by atoms with Gasteiger partial charge >= 0.3 is 5.97 Å². The molecule has 1 N–H and O–H groups in total. The highest BCUT2D eigenvalue weighted by atomic mass is 16.6. The van der Waals surface area contributed by atoms with Crippen molar-refractivity contribution in [2.75, 3.05) is 31.1 Å². The van der Waals surface area contributed by atoms with E-state index < -0.39 is 5.97 Å². The fraction of sp³-hybridized carbons (Fsp3) is 0.278. The second-order valence-electron chi connectivity index (χ2n) is 6.04. The lowest BCUT2D eigenvalue weighted by Gasteiger charge is -2.36. The SMILES string of the molecule is O=C(O)c1ccc(CN2CCN(c3cccc([N+](=O)[O-])c3)CC2)cc1. The maximum atomic E-state index is 10.9. The molecule has 0 aliphatic carbocycles. The van der Waals surface area contributed by atoms with Crippen molar-refractivity contribution in [2.45, 2.75) is 6.54 Å². The zero-order valence-corrected chi connectivity index (χ0v) is 13.7. The largest absolute Gasteiger partial charge is 0.478 e. The quantitative estimate of drug-likeness (QED) is 0.664. The van der Waals surface area contributed by atoms with Crippen molar-refractivity contribution < 1.29 is 14.8 Å². The van der Waals surface area contributed by atoms with Gasteiger partial charge in [-0.1, -0.05) is 18.2 Å². The Hall–Kier alpha value is -2.93. The van der Waals surface area contributed by atoms with Crippen LogP contribution < -0.4 is 4.90 Å². The number of nitrogens with zero attached hydrogens (tertiary/aromatic N) is 3. The number of piperazine rings is 1. The Morgan fingerprint density at radius 3 is 2.36 bits per heavy atom. The van der Waals surface area contributed by atoms with E-state index in [1.165, 1.54) is 6.07 Å². The molecule has 1 heterocycles. The highest BCUT2D eigenvalue weighted by Crippen LogP contribution is 2.22. The van der Waals surface area contributed by atoms with Crippen LogP contribution in [0.1, 0.15) is 15.9 Å². The molecule has 2 aromatic carbocycles. The molecule has 1 fully saturated rings. The zero-order valence-electron chi connectivity index (χ0n) is 13.7. The van der Waals surface area contributed by atoms with E-state index in [-0.39, 0.29) is 10.6 Å². The molecule has 1 saturated heterocycles. The standard InChI is InChI=1S/C18H19N3O4/c22-18(23)15-6-4-14(5-7-15)13-19-8-10-20(11-9-19)16-2-1-3-17(12-16)21(24)25/h1-7,12H,8-11,13H2,(H,22,23). The lowest BCUT2D eigenvalue weighted by Crippen LogP contribution is -2.45. The summed E-state index contributed by atoms with van der Waals surface area (Å²) in [7, 11) is 0. The van der Waals surface area contributed by atoms with Crippen LogP contribution >= 0.6 is 0 Å². The Kier molecular flexibility index (Phi) is 4.95. The van der Waals surface area contributed by atoms with Crippen LogP contribution in [0.4, 0.5) is 11.4 Å². The molecule has 7 heteroatoms. The molecule has 1 aliphatic heterocycles. The van der Waals surface area contributed by atoms with Gasteiger partial charge in [0.15, 0.2) is 0 Å². The molecule has 0 atom stereocenters. The van der Waals surface area contributed by atoms with Gasteiger partial charge in [0.2, 0.25) is 0 Å². The van der Waals surface area contributed by atoms with E-state index >= 15 is 0 Å². The minimum Gasteiger partial charge on any atom is -0.478 e. The van der Waals surface area contributed by atoms with Crippen LogP contribution in [0.25, 0.3) is 0 Å². The summed E-state index contributed by atoms with van der Waals surface area (Å²) in [6.07, 6.45) is 0. The van der Waals surface area contributed by atoms with Crippen molar-refractivity contribution >= 4 is 17.3 Å². The summed E-state index contributed by atoms with van der Waals surface area (Å²) in [6.45, 7) is 4.07. The van der Waals surface area contributed by atoms with E-state index in [9.17, 15) is 14.9 Å². The molecule has 0 bridgehead atoms. The highest BCUT2D eigenvalue weighted by Gasteiger charge is 2.19. The number of carboxylic acids is 1. The molecule has 7 nitrogen and oxygen atoms in total. The average Bonchev–Trinajstić information content (AvgIpc) is 2.63. The lowest BCUT2D eigenvalue weighted by molar-refractivity contribution is -0.384. The van der Waals surface area contributed by atoms with Crippen LogP contribution in [0, 0.1) is 10.1 Å². The Labute approximate surface area is 145 Å². The third-order valence-electron chi connectivity index (χ3n) is 4.39. The number of hydrogen-bond acceptors (Lipinski definition) is 5. The number of anilines is 1. The van der Waals surface area contributed by atoms with Crippen LogP contribution in [0.15, 0.2) is 48.5 Å². The smallest absolute Gasteiger partial charge is 0.335 e. The maximum absolute atomic E-state index is 10.9. The second kappa shape index (κ2) is 7.31. The van der Waals surface area contributed by atoms with E-state index in [0.717, 1.165) is 44.0 Å². The van der Waals surface area contributed by atoms with Crippen molar-refractivity contribution in [1.82, 2.24) is 4.90 Å². The number of hydrogen-bond donors (Lipinski definition) is 1. The Morgan fingerprint density at radius 1 is 1.08 bits per heavy atom. The predicted octanol–water partition coefficient (Wildman–Crippen LogP) is 2.62. The predicted molar refractivity (Wildman–Crippen MR) is 94.0 cm³/mol. The van der Waals surface area contributed by atoms with Crippen molar-refractivity contribution in [3.8, 4) is 0 Å². The van der Waals surface area contributed by atoms with Crippen molar-refractivity contribution in [3.05, 3.63) is 69.8 Å². The van der Waals surface area contributed by atoms with E-state index in [0.29, 0.717) is 5.56 Å². The summed E-state index contributed by atoms with van der Waals surface area (Å²) in [6, 6.07) is 13.7. The number of carbonyl (C=O) groups is 1. The first-order valence-electron chi connectivity index (χ1n) is 8.07. The third-order valence-corrected chi connectivity index (χ3v) is 4.39. The van der Waals surface area contributed by atoms with Crippen LogP contribution in [0.3, 0.4) is 0 Å². The summed E-state index contributed by atoms with van der Waals surface area (Å²) in [5.41, 5.74) is 2.35. The number of aromatic carboxylic acids is 1. The fourth-order valence-electron chi connectivity index (χ4n) is 2.98. The van der Waals surface area contributed by atoms with E-state index in [4.69, 9.17) is 5.11 Å². The number of non-ortho nitro benzene ring substituents is 1. The summed E-state index contributed by atoms with van der Waals surface area (Å²) in [5.74, 6) is -0.919. The number of nitro benzene ring substituents is 1. The van der Waals surface area contributed by atoms with Gasteiger partial charge in [-0.3, -0.25) is 15.0 Å². The molecule has 0 unspecified atom stereocenters. The molecule has 0 saturated carbocycles. The summed E-state index contributed by atoms with van der Waals surface area (Å²) in [5, 5.41) is 19.8. The normalized spacial score (nSPS) is 15.1. The fourth-order valence-corrected chi connectivity index (χ4v) is 2.98. The second-order valence-corrected chi connectivity index (χ2v) is 6.04. The molecule has 2 aromatic rings. The number of benzene rings is 2. The molecule has 3 rings (SSSR count). The van der Waals surface area contributed by atoms with E-state index in [1.807, 2.05) is 18.2 Å². The molecule has 0 aromatic heterocycles. The van der Waals surface area contributed by atoms with Gasteiger partial charge in [0, 0.05) is 50.5 Å². The molecular formula is C18H19N3O4. The van der Waals surface area contributed by atoms with Crippen molar-refractivity contribution in [3.63, 3.8) is 0 Å². The highest BCUT2D eigenvalue weighted by molar-refractivity contribution is 5.87. The molecule has 1 aliphatic rings. The van der Waals surface area contributed by atoms with Crippen LogP contribution in [0.2, 0.25) is 0 Å². The number of rotatable bonds is 5. The monoisotopic (exact) mass is 341 g/mol. The summed E-state index contributed by atoms with van der Waals surface area (Å²) in [4.78, 5) is 25.9. The van der Waals surface area contributed by atoms with Gasteiger partial charge < -0.3 is 10.0 Å². The van der Waals surface area contributed by atoms with Crippen LogP contribution in [-0.4, -0.2) is 47.1 Å². The topological polar surface area (TPSA) is 86.9 Å². The van der Waals surface area contributed by atoms with Gasteiger partial charge in [-0.05, 0) is 23.8 Å². The number of carboxylic acid groups (broad SMARTS) is 1. The Bertz CT molecular complexity index is 768. The van der Waals surface area contributed by atoms with Crippen molar-refractivity contribution in [2.24, 2.45) is 0 Å². The average molecular weight is 341 g/mol. The molecule has 25 heavy (non-hydrogen) atoms. The first-order valence-corrected chi connectivity index (χ1v) is 8.07. The molecule has 0 radical (unpaired) electrons. The Morgan fingerprint density at radius 2 is 1.76 bits per heavy atom. The maximum Gasteiger partial charge on any atom is 0.335 e. The zero-order chi connectivity index (χ0) is 17.8. The minimum atomic E-state index is -0.919. The van der Waals surface area contributed by atoms with Crippen LogP contribution in [-0.2, 0) is 6.54 Å². The Balaban J connectivity index is 1.57. The van der Waals surface area contributed by atoms with E-state index in [1.54, 1.807) is 24.3 Å². The molecule has 130 valence electrons. The molecular weight excluding hydrogens is 322 g/mol. The molecule has 0 spiro atoms. The van der Waals surface area contributed by atoms with Crippen LogP contribution in [0.5, 0.6) is 0 Å². The third kappa shape index (κ3) is 4.13. The van der Waals surface area contributed by atoms with Gasteiger partial charge in [0.05, 0.1) is 10.5 Å². The first-order chi connectivity index (χ1) is 12.0. The van der Waals surface area contributed by atoms with Gasteiger partial charge in [0.25, 0.3) is 5.69 Å². The molecule has 0 amide bonds. The first kappa shape index (κ1) is 16.9. The number of nitro groups is 1. The van der Waals surface area contributed by atoms with Gasteiger partial charge in [-0.15, -0.1) is 0 Å². The minimum absolute atomic E-state index is 0.110. The lowest BCUT2D eigenvalue weighted by atomic mass is 10.1. The van der Waals surface area contributed by atoms with Crippen molar-refractivity contribution in [1.29, 1.82) is 0 Å². The summed E-state index contributed by atoms with van der Waals surface area (Å²) >= 11 is 0. The van der Waals surface area contributed by atoms with Gasteiger partial charge in [0.1, 0.15) is 0 Å². The van der Waals surface area contributed by atoms with Gasteiger partial charge in [-0.2, -0.15) is 0 Å². The summed E-state index contributed by atoms with van der Waals surface area (Å²) < 4.78 is 0. The van der Waals surface area contributed by atoms with E-state index in [2.05, 4.69) is 9.80 Å².